The summed E-state index contributed by atoms with van der Waals surface area (Å²) in [6, 6.07) is 21.8. The first-order chi connectivity index (χ1) is 16.9. The summed E-state index contributed by atoms with van der Waals surface area (Å²) in [6.45, 7) is 4.36. The molecule has 0 aliphatic rings. The molecule has 0 spiro atoms. The van der Waals surface area contributed by atoms with Gasteiger partial charge in [0.25, 0.3) is 0 Å². The van der Waals surface area contributed by atoms with Gasteiger partial charge in [0.1, 0.15) is 11.8 Å². The fourth-order valence-electron chi connectivity index (χ4n) is 3.49. The first-order valence-electron chi connectivity index (χ1n) is 11.5. The molecule has 0 bridgehead atoms. The second-order valence-corrected chi connectivity index (χ2v) is 8.41. The van der Waals surface area contributed by atoms with Gasteiger partial charge in [-0.2, -0.15) is 0 Å². The predicted octanol–water partition coefficient (Wildman–Crippen LogP) is 4.28. The Morgan fingerprint density at radius 2 is 1.74 bits per heavy atom. The number of methoxy groups -OCH3 is 1. The summed E-state index contributed by atoms with van der Waals surface area (Å²) in [5.74, 6) is 0.384. The minimum atomic E-state index is -0.536. The van der Waals surface area contributed by atoms with Crippen molar-refractivity contribution in [1.29, 1.82) is 0 Å². The lowest BCUT2D eigenvalue weighted by molar-refractivity contribution is -0.123. The highest BCUT2D eigenvalue weighted by molar-refractivity contribution is 6.03. The van der Waals surface area contributed by atoms with Gasteiger partial charge in [-0.05, 0) is 60.9 Å². The van der Waals surface area contributed by atoms with Gasteiger partial charge in [0.15, 0.2) is 0 Å². The third-order valence-corrected chi connectivity index (χ3v) is 5.25. The lowest BCUT2D eigenvalue weighted by Crippen LogP contribution is -2.40. The third-order valence-electron chi connectivity index (χ3n) is 5.25. The van der Waals surface area contributed by atoms with Crippen molar-refractivity contribution < 1.29 is 14.3 Å². The first kappa shape index (κ1) is 25.5. The largest absolute Gasteiger partial charge is 0.497 e. The van der Waals surface area contributed by atoms with Gasteiger partial charge >= 0.3 is 0 Å². The van der Waals surface area contributed by atoms with Crippen molar-refractivity contribution in [2.75, 3.05) is 18.2 Å². The highest BCUT2D eigenvalue weighted by atomic mass is 16.5. The number of ether oxygens (including phenoxy) is 1. The summed E-state index contributed by atoms with van der Waals surface area (Å²) in [5.41, 5.74) is 9.61. The highest BCUT2D eigenvalue weighted by Gasteiger charge is 2.20. The van der Waals surface area contributed by atoms with Crippen LogP contribution in [0.1, 0.15) is 36.6 Å². The Morgan fingerprint density at radius 1 is 1.00 bits per heavy atom. The average Bonchev–Trinajstić information content (AvgIpc) is 2.85. The zero-order chi connectivity index (χ0) is 25.2. The van der Waals surface area contributed by atoms with Crippen molar-refractivity contribution in [3.63, 3.8) is 0 Å². The van der Waals surface area contributed by atoms with E-state index in [9.17, 15) is 9.59 Å². The number of carbonyl (C=O) groups is 2. The van der Waals surface area contributed by atoms with E-state index in [0.29, 0.717) is 17.9 Å². The summed E-state index contributed by atoms with van der Waals surface area (Å²) in [6.07, 6.45) is 3.16. The lowest BCUT2D eigenvalue weighted by atomic mass is 10.0. The molecule has 0 aromatic heterocycles. The summed E-state index contributed by atoms with van der Waals surface area (Å²) < 4.78 is 5.29. The Labute approximate surface area is 206 Å². The van der Waals surface area contributed by atoms with E-state index in [1.165, 1.54) is 6.08 Å². The van der Waals surface area contributed by atoms with Crippen LogP contribution in [0.25, 0.3) is 6.08 Å². The number of amides is 2. The molecule has 0 saturated carbocycles. The molecule has 0 saturated heterocycles. The molecule has 1 atom stereocenters. The molecule has 0 aliphatic heterocycles. The van der Waals surface area contributed by atoms with E-state index < -0.39 is 6.04 Å². The molecule has 1 unspecified atom stereocenters. The number of hydrogen-bond acceptors (Lipinski definition) is 5. The number of carbonyl (C=O) groups excluding carboxylic acids is 2. The molecular weight excluding hydrogens is 440 g/mol. The fraction of sp³-hybridized carbons (Fsp3) is 0.214. The molecule has 2 amide bonds. The number of benzene rings is 3. The Kier molecular flexibility index (Phi) is 9.03. The van der Waals surface area contributed by atoms with E-state index in [1.807, 2.05) is 74.5 Å². The van der Waals surface area contributed by atoms with Gasteiger partial charge in [0.05, 0.1) is 18.5 Å². The standard InChI is InChI=1S/C28H32N4O3/c1-19(2)31-28(34)27(30-18-21-7-6-8-23(17-21)35-3)22-14-11-20(12-15-22)13-16-26(33)32-25-10-5-4-9-24(25)29/h4-17,19,27,30H,18,29H2,1-3H3,(H,31,34)(H,32,33). The van der Waals surface area contributed by atoms with E-state index in [0.717, 1.165) is 22.4 Å². The molecule has 7 heteroatoms. The van der Waals surface area contributed by atoms with Crippen LogP contribution in [0.5, 0.6) is 5.75 Å². The van der Waals surface area contributed by atoms with Gasteiger partial charge in [-0.1, -0.05) is 48.5 Å². The Hall–Kier alpha value is -4.10. The molecule has 0 aliphatic carbocycles. The van der Waals surface area contributed by atoms with Gasteiger partial charge in [0.2, 0.25) is 11.8 Å². The zero-order valence-electron chi connectivity index (χ0n) is 20.2. The minimum Gasteiger partial charge on any atom is -0.497 e. The van der Waals surface area contributed by atoms with Crippen LogP contribution in [0.15, 0.2) is 78.9 Å². The topological polar surface area (TPSA) is 105 Å². The number of anilines is 2. The van der Waals surface area contributed by atoms with Gasteiger partial charge in [0, 0.05) is 18.7 Å². The zero-order valence-corrected chi connectivity index (χ0v) is 20.2. The van der Waals surface area contributed by atoms with Crippen molar-refractivity contribution in [3.05, 3.63) is 95.6 Å². The molecule has 3 rings (SSSR count). The number of para-hydroxylation sites is 2. The maximum Gasteiger partial charge on any atom is 0.248 e. The highest BCUT2D eigenvalue weighted by Crippen LogP contribution is 2.19. The van der Waals surface area contributed by atoms with Crippen LogP contribution in [-0.4, -0.2) is 25.0 Å². The number of hydrogen-bond donors (Lipinski definition) is 4. The van der Waals surface area contributed by atoms with Crippen molar-refractivity contribution in [2.45, 2.75) is 32.5 Å². The molecule has 3 aromatic carbocycles. The maximum atomic E-state index is 12.9. The van der Waals surface area contributed by atoms with E-state index in [2.05, 4.69) is 16.0 Å². The molecular formula is C28H32N4O3. The van der Waals surface area contributed by atoms with Crippen molar-refractivity contribution in [1.82, 2.24) is 10.6 Å². The quantitative estimate of drug-likeness (QED) is 0.260. The molecule has 7 nitrogen and oxygen atoms in total. The average molecular weight is 473 g/mol. The maximum absolute atomic E-state index is 12.9. The van der Waals surface area contributed by atoms with Crippen LogP contribution in [0.3, 0.4) is 0 Å². The van der Waals surface area contributed by atoms with Gasteiger partial charge in [-0.3, -0.25) is 14.9 Å². The van der Waals surface area contributed by atoms with Crippen LogP contribution in [0.4, 0.5) is 11.4 Å². The van der Waals surface area contributed by atoms with E-state index >= 15 is 0 Å². The van der Waals surface area contributed by atoms with Crippen LogP contribution in [-0.2, 0) is 16.1 Å². The first-order valence-corrected chi connectivity index (χ1v) is 11.5. The van der Waals surface area contributed by atoms with Crippen LogP contribution in [0, 0.1) is 0 Å². The smallest absolute Gasteiger partial charge is 0.248 e. The van der Waals surface area contributed by atoms with Crippen molar-refractivity contribution >= 4 is 29.3 Å². The van der Waals surface area contributed by atoms with Gasteiger partial charge in [-0.15, -0.1) is 0 Å². The lowest BCUT2D eigenvalue weighted by Gasteiger charge is -2.21. The van der Waals surface area contributed by atoms with Gasteiger partial charge < -0.3 is 21.1 Å². The molecule has 0 heterocycles. The van der Waals surface area contributed by atoms with E-state index in [-0.39, 0.29) is 17.9 Å². The molecule has 3 aromatic rings. The summed E-state index contributed by atoms with van der Waals surface area (Å²) in [4.78, 5) is 25.2. The second-order valence-electron chi connectivity index (χ2n) is 8.41. The Morgan fingerprint density at radius 3 is 2.43 bits per heavy atom. The SMILES string of the molecule is COc1cccc(CNC(C(=O)NC(C)C)c2ccc(C=CC(=O)Nc3ccccc3N)cc2)c1. The third kappa shape index (κ3) is 7.72. The van der Waals surface area contributed by atoms with Crippen molar-refractivity contribution in [3.8, 4) is 5.75 Å². The molecule has 182 valence electrons. The van der Waals surface area contributed by atoms with Crippen molar-refractivity contribution in [2.24, 2.45) is 0 Å². The summed E-state index contributed by atoms with van der Waals surface area (Å²) >= 11 is 0. The van der Waals surface area contributed by atoms with E-state index in [4.69, 9.17) is 10.5 Å². The van der Waals surface area contributed by atoms with E-state index in [1.54, 1.807) is 25.3 Å². The molecule has 0 radical (unpaired) electrons. The number of nitrogen functional groups attached to an aromatic ring is 1. The predicted molar refractivity (Wildman–Crippen MR) is 141 cm³/mol. The Bertz CT molecular complexity index is 1170. The van der Waals surface area contributed by atoms with Crippen LogP contribution in [0.2, 0.25) is 0 Å². The normalized spacial score (nSPS) is 11.9. The minimum absolute atomic E-state index is 0.0167. The number of rotatable bonds is 10. The monoisotopic (exact) mass is 472 g/mol. The number of nitrogens with one attached hydrogen (secondary N) is 3. The number of nitrogens with two attached hydrogens (primary N) is 1. The van der Waals surface area contributed by atoms with Gasteiger partial charge in [-0.25, -0.2) is 0 Å². The Balaban J connectivity index is 1.69. The van der Waals surface area contributed by atoms with Crippen LogP contribution >= 0.6 is 0 Å². The van der Waals surface area contributed by atoms with Crippen LogP contribution < -0.4 is 26.4 Å². The summed E-state index contributed by atoms with van der Waals surface area (Å²) in [7, 11) is 1.63. The summed E-state index contributed by atoms with van der Waals surface area (Å²) in [5, 5.41) is 9.09. The molecule has 0 fully saturated rings. The fourth-order valence-corrected chi connectivity index (χ4v) is 3.49. The second kappa shape index (κ2) is 12.4. The molecule has 35 heavy (non-hydrogen) atoms. The molecule has 5 N–H and O–H groups in total.